The predicted octanol–water partition coefficient (Wildman–Crippen LogP) is 1.25. The maximum Gasteiger partial charge on any atom is 0.317 e. The number of carbonyl (C=O) groups excluding carboxylic acids is 2. The van der Waals surface area contributed by atoms with Crippen LogP contribution < -0.4 is 0 Å². The average molecular weight is 247 g/mol. The third kappa shape index (κ3) is 2.96. The minimum absolute atomic E-state index is 0.0376. The number of ether oxygens (including phenoxy) is 1. The van der Waals surface area contributed by atoms with E-state index in [0.29, 0.717) is 26.2 Å². The van der Waals surface area contributed by atoms with Gasteiger partial charge in [-0.05, 0) is 12.5 Å². The van der Waals surface area contributed by atoms with Crippen molar-refractivity contribution < 1.29 is 14.3 Å². The highest BCUT2D eigenvalue weighted by atomic mass is 16.5. The number of rotatable bonds is 4. The summed E-state index contributed by atoms with van der Waals surface area (Å²) < 4.78 is 4.91. The van der Waals surface area contributed by atoms with Gasteiger partial charge < -0.3 is 4.74 Å². The first kappa shape index (κ1) is 12.8. The van der Waals surface area contributed by atoms with Gasteiger partial charge in [0, 0.05) is 13.1 Å². The average Bonchev–Trinajstić information content (AvgIpc) is 2.72. The second-order valence-corrected chi connectivity index (χ2v) is 4.43. The van der Waals surface area contributed by atoms with Crippen molar-refractivity contribution in [3.05, 3.63) is 35.9 Å². The van der Waals surface area contributed by atoms with Gasteiger partial charge in [0.05, 0.1) is 13.2 Å². The van der Waals surface area contributed by atoms with Crippen LogP contribution in [0.1, 0.15) is 12.5 Å². The van der Waals surface area contributed by atoms with Gasteiger partial charge in [0.25, 0.3) is 0 Å². The standard InChI is InChI=1S/C14H17NO3/c1-2-18-14(17)12-9-15(10-13(12)16)8-11-6-4-3-5-7-11/h3-7,12H,2,8-10H2,1H3/t12-/m0/s1. The Balaban J connectivity index is 1.94. The monoisotopic (exact) mass is 247 g/mol. The molecule has 1 aliphatic rings. The normalized spacial score (nSPS) is 20.1. The molecule has 0 N–H and O–H groups in total. The topological polar surface area (TPSA) is 46.6 Å². The van der Waals surface area contributed by atoms with E-state index in [9.17, 15) is 9.59 Å². The molecule has 1 aromatic rings. The molecule has 1 fully saturated rings. The third-order valence-corrected chi connectivity index (χ3v) is 3.03. The zero-order valence-corrected chi connectivity index (χ0v) is 10.5. The molecule has 2 rings (SSSR count). The van der Waals surface area contributed by atoms with Crippen molar-refractivity contribution in [2.24, 2.45) is 5.92 Å². The van der Waals surface area contributed by atoms with E-state index in [-0.39, 0.29) is 5.78 Å². The Morgan fingerprint density at radius 1 is 1.39 bits per heavy atom. The molecule has 4 heteroatoms. The summed E-state index contributed by atoms with van der Waals surface area (Å²) in [6.07, 6.45) is 0. The van der Waals surface area contributed by atoms with Crippen LogP contribution >= 0.6 is 0 Å². The molecule has 0 amide bonds. The van der Waals surface area contributed by atoms with Crippen LogP contribution in [-0.4, -0.2) is 36.3 Å². The quantitative estimate of drug-likeness (QED) is 0.593. The predicted molar refractivity (Wildman–Crippen MR) is 66.8 cm³/mol. The summed E-state index contributed by atoms with van der Waals surface area (Å²) in [5.74, 6) is -1.03. The Morgan fingerprint density at radius 3 is 2.78 bits per heavy atom. The fraction of sp³-hybridized carbons (Fsp3) is 0.429. The molecule has 18 heavy (non-hydrogen) atoms. The Hall–Kier alpha value is -1.68. The SMILES string of the molecule is CCOC(=O)[C@H]1CN(Cc2ccccc2)CC1=O. The van der Waals surface area contributed by atoms with Crippen molar-refractivity contribution >= 4 is 11.8 Å². The molecule has 1 aromatic carbocycles. The summed E-state index contributed by atoms with van der Waals surface area (Å²) in [5.41, 5.74) is 1.15. The van der Waals surface area contributed by atoms with Crippen LogP contribution in [0.4, 0.5) is 0 Å². The van der Waals surface area contributed by atoms with Gasteiger partial charge in [-0.2, -0.15) is 0 Å². The Labute approximate surface area is 107 Å². The van der Waals surface area contributed by atoms with Gasteiger partial charge in [0.2, 0.25) is 0 Å². The molecule has 0 aromatic heterocycles. The molecule has 0 bridgehead atoms. The number of benzene rings is 1. The number of hydrogen-bond donors (Lipinski definition) is 0. The summed E-state index contributed by atoms with van der Waals surface area (Å²) in [4.78, 5) is 25.3. The van der Waals surface area contributed by atoms with E-state index >= 15 is 0 Å². The van der Waals surface area contributed by atoms with Crippen molar-refractivity contribution in [1.82, 2.24) is 4.90 Å². The lowest BCUT2D eigenvalue weighted by Crippen LogP contribution is -2.25. The first-order valence-electron chi connectivity index (χ1n) is 6.16. The molecule has 0 radical (unpaired) electrons. The van der Waals surface area contributed by atoms with Crippen LogP contribution in [-0.2, 0) is 20.9 Å². The molecule has 1 atom stereocenters. The van der Waals surface area contributed by atoms with Crippen molar-refractivity contribution in [2.75, 3.05) is 19.7 Å². The number of nitrogens with zero attached hydrogens (tertiary/aromatic N) is 1. The van der Waals surface area contributed by atoms with Gasteiger partial charge in [0.1, 0.15) is 5.92 Å². The smallest absolute Gasteiger partial charge is 0.317 e. The van der Waals surface area contributed by atoms with Crippen molar-refractivity contribution in [3.8, 4) is 0 Å². The maximum atomic E-state index is 11.7. The Bertz CT molecular complexity index is 430. The second-order valence-electron chi connectivity index (χ2n) is 4.43. The van der Waals surface area contributed by atoms with E-state index in [2.05, 4.69) is 0 Å². The summed E-state index contributed by atoms with van der Waals surface area (Å²) in [6.45, 7) is 3.56. The minimum Gasteiger partial charge on any atom is -0.465 e. The third-order valence-electron chi connectivity index (χ3n) is 3.03. The van der Waals surface area contributed by atoms with Crippen LogP contribution in [0.3, 0.4) is 0 Å². The second kappa shape index (κ2) is 5.78. The lowest BCUT2D eigenvalue weighted by atomic mass is 10.1. The molecule has 96 valence electrons. The molecule has 0 unspecified atom stereocenters. The van der Waals surface area contributed by atoms with E-state index in [4.69, 9.17) is 4.74 Å². The summed E-state index contributed by atoms with van der Waals surface area (Å²) in [5, 5.41) is 0. The molecular formula is C14H17NO3. The molecule has 0 saturated carbocycles. The summed E-state index contributed by atoms with van der Waals surface area (Å²) >= 11 is 0. The summed E-state index contributed by atoms with van der Waals surface area (Å²) in [6, 6.07) is 9.93. The number of carbonyl (C=O) groups is 2. The van der Waals surface area contributed by atoms with Gasteiger partial charge in [0.15, 0.2) is 5.78 Å². The van der Waals surface area contributed by atoms with E-state index in [1.807, 2.05) is 35.2 Å². The number of Topliss-reactive ketones (excluding diaryl/α,β-unsaturated/α-hetero) is 1. The van der Waals surface area contributed by atoms with Crippen LogP contribution in [0.15, 0.2) is 30.3 Å². The van der Waals surface area contributed by atoms with E-state index in [1.54, 1.807) is 6.92 Å². The number of ketones is 1. The number of likely N-dealkylation sites (tertiary alicyclic amines) is 1. The lowest BCUT2D eigenvalue weighted by Gasteiger charge is -2.14. The molecule has 4 nitrogen and oxygen atoms in total. The molecule has 1 aliphatic heterocycles. The number of hydrogen-bond acceptors (Lipinski definition) is 4. The largest absolute Gasteiger partial charge is 0.465 e. The Kier molecular flexibility index (Phi) is 4.10. The van der Waals surface area contributed by atoms with E-state index in [0.717, 1.165) is 5.56 Å². The van der Waals surface area contributed by atoms with Gasteiger partial charge in [-0.3, -0.25) is 14.5 Å². The molecule has 0 spiro atoms. The highest BCUT2D eigenvalue weighted by Crippen LogP contribution is 2.17. The minimum atomic E-state index is -0.603. The van der Waals surface area contributed by atoms with Gasteiger partial charge in [-0.25, -0.2) is 0 Å². The van der Waals surface area contributed by atoms with E-state index < -0.39 is 11.9 Å². The van der Waals surface area contributed by atoms with Gasteiger partial charge in [-0.1, -0.05) is 30.3 Å². The Morgan fingerprint density at radius 2 is 2.11 bits per heavy atom. The van der Waals surface area contributed by atoms with Crippen molar-refractivity contribution in [1.29, 1.82) is 0 Å². The van der Waals surface area contributed by atoms with Crippen LogP contribution in [0.25, 0.3) is 0 Å². The van der Waals surface area contributed by atoms with Crippen molar-refractivity contribution in [3.63, 3.8) is 0 Å². The zero-order chi connectivity index (χ0) is 13.0. The first-order chi connectivity index (χ1) is 8.70. The zero-order valence-electron chi connectivity index (χ0n) is 10.5. The molecule has 0 aliphatic carbocycles. The van der Waals surface area contributed by atoms with Crippen LogP contribution in [0.2, 0.25) is 0 Å². The maximum absolute atomic E-state index is 11.7. The molecular weight excluding hydrogens is 230 g/mol. The fourth-order valence-corrected chi connectivity index (χ4v) is 2.17. The highest BCUT2D eigenvalue weighted by Gasteiger charge is 2.36. The van der Waals surface area contributed by atoms with Crippen molar-refractivity contribution in [2.45, 2.75) is 13.5 Å². The molecule has 1 heterocycles. The number of esters is 1. The van der Waals surface area contributed by atoms with E-state index in [1.165, 1.54) is 0 Å². The first-order valence-corrected chi connectivity index (χ1v) is 6.16. The van der Waals surface area contributed by atoms with Crippen LogP contribution in [0.5, 0.6) is 0 Å². The summed E-state index contributed by atoms with van der Waals surface area (Å²) in [7, 11) is 0. The highest BCUT2D eigenvalue weighted by molar-refractivity contribution is 6.01. The van der Waals surface area contributed by atoms with Gasteiger partial charge >= 0.3 is 5.97 Å². The lowest BCUT2D eigenvalue weighted by molar-refractivity contribution is -0.149. The van der Waals surface area contributed by atoms with Crippen LogP contribution in [0, 0.1) is 5.92 Å². The fourth-order valence-electron chi connectivity index (χ4n) is 2.17. The molecule has 1 saturated heterocycles. The van der Waals surface area contributed by atoms with Gasteiger partial charge in [-0.15, -0.1) is 0 Å².